The lowest BCUT2D eigenvalue weighted by molar-refractivity contribution is -0.117. The molecule has 0 bridgehead atoms. The van der Waals surface area contributed by atoms with Gasteiger partial charge in [0.15, 0.2) is 5.13 Å². The van der Waals surface area contributed by atoms with Crippen LogP contribution in [0, 0.1) is 5.92 Å². The van der Waals surface area contributed by atoms with E-state index in [-0.39, 0.29) is 11.8 Å². The van der Waals surface area contributed by atoms with Gasteiger partial charge in [-0.05, 0) is 43.4 Å². The summed E-state index contributed by atoms with van der Waals surface area (Å²) in [5, 5.41) is 5.23. The molecule has 0 atom stereocenters. The van der Waals surface area contributed by atoms with Crippen LogP contribution in [-0.2, 0) is 14.3 Å². The number of carbonyl (C=O) groups is 2. The van der Waals surface area contributed by atoms with E-state index >= 15 is 0 Å². The van der Waals surface area contributed by atoms with Crippen molar-refractivity contribution in [1.29, 1.82) is 0 Å². The van der Waals surface area contributed by atoms with Gasteiger partial charge in [-0.15, -0.1) is 11.3 Å². The van der Waals surface area contributed by atoms with Crippen LogP contribution in [0.5, 0.6) is 0 Å². The Hall–Kier alpha value is -2.51. The Morgan fingerprint density at radius 3 is 2.82 bits per heavy atom. The first-order chi connectivity index (χ1) is 13.6. The molecule has 6 nitrogen and oxygen atoms in total. The van der Waals surface area contributed by atoms with Gasteiger partial charge >= 0.3 is 0 Å². The van der Waals surface area contributed by atoms with Gasteiger partial charge in [-0.1, -0.05) is 18.2 Å². The lowest BCUT2D eigenvalue weighted by Gasteiger charge is -2.17. The van der Waals surface area contributed by atoms with Gasteiger partial charge in [-0.25, -0.2) is 4.98 Å². The molecule has 0 unspecified atom stereocenters. The first-order valence-electron chi connectivity index (χ1n) is 9.48. The summed E-state index contributed by atoms with van der Waals surface area (Å²) in [6.07, 6.45) is 6.50. The molecule has 2 aromatic rings. The van der Waals surface area contributed by atoms with E-state index in [4.69, 9.17) is 4.74 Å². The number of carbonyl (C=O) groups excluding carboxylic acids is 2. The van der Waals surface area contributed by atoms with E-state index in [9.17, 15) is 9.59 Å². The molecule has 1 aromatic carbocycles. The SMILES string of the molecule is CC(=O)N(c1ccccc1)c1nc(/C=C/C(=O)NCCCOCC2CC2)cs1. The molecule has 0 spiro atoms. The van der Waals surface area contributed by atoms with Gasteiger partial charge in [-0.3, -0.25) is 14.5 Å². The molecular weight excluding hydrogens is 374 g/mol. The number of hydrogen-bond donors (Lipinski definition) is 1. The van der Waals surface area contributed by atoms with Crippen LogP contribution in [0.25, 0.3) is 6.08 Å². The molecular formula is C21H25N3O3S. The Bertz CT molecular complexity index is 815. The number of hydrogen-bond acceptors (Lipinski definition) is 5. The van der Waals surface area contributed by atoms with Crippen LogP contribution < -0.4 is 10.2 Å². The number of nitrogens with zero attached hydrogens (tertiary/aromatic N) is 2. The van der Waals surface area contributed by atoms with Crippen molar-refractivity contribution >= 4 is 40.0 Å². The highest BCUT2D eigenvalue weighted by Crippen LogP contribution is 2.29. The molecule has 1 N–H and O–H groups in total. The van der Waals surface area contributed by atoms with E-state index in [0.717, 1.165) is 24.6 Å². The Kier molecular flexibility index (Phi) is 7.33. The highest BCUT2D eigenvalue weighted by atomic mass is 32.1. The van der Waals surface area contributed by atoms with Crippen molar-refractivity contribution in [2.24, 2.45) is 5.92 Å². The van der Waals surface area contributed by atoms with Crippen molar-refractivity contribution in [3.63, 3.8) is 0 Å². The fourth-order valence-corrected chi connectivity index (χ4v) is 3.45. The van der Waals surface area contributed by atoms with Crippen LogP contribution in [0.15, 0.2) is 41.8 Å². The second-order valence-corrected chi connectivity index (χ2v) is 7.58. The summed E-state index contributed by atoms with van der Waals surface area (Å²) in [7, 11) is 0. The number of amides is 2. The maximum atomic E-state index is 12.1. The third kappa shape index (κ3) is 6.28. The molecule has 2 amide bonds. The molecule has 1 heterocycles. The minimum Gasteiger partial charge on any atom is -0.381 e. The van der Waals surface area contributed by atoms with Gasteiger partial charge in [0.25, 0.3) is 0 Å². The number of anilines is 2. The minimum atomic E-state index is -0.164. The smallest absolute Gasteiger partial charge is 0.244 e. The quantitative estimate of drug-likeness (QED) is 0.488. The number of aromatic nitrogens is 1. The molecule has 7 heteroatoms. The molecule has 0 radical (unpaired) electrons. The summed E-state index contributed by atoms with van der Waals surface area (Å²) >= 11 is 1.36. The first kappa shape index (κ1) is 20.2. The molecule has 1 aliphatic rings. The van der Waals surface area contributed by atoms with Crippen molar-refractivity contribution in [2.45, 2.75) is 26.2 Å². The van der Waals surface area contributed by atoms with Crippen molar-refractivity contribution in [2.75, 3.05) is 24.7 Å². The number of para-hydroxylation sites is 1. The highest BCUT2D eigenvalue weighted by Gasteiger charge is 2.20. The van der Waals surface area contributed by atoms with E-state index in [0.29, 0.717) is 24.0 Å². The van der Waals surface area contributed by atoms with Gasteiger partial charge < -0.3 is 10.1 Å². The largest absolute Gasteiger partial charge is 0.381 e. The molecule has 1 fully saturated rings. The van der Waals surface area contributed by atoms with Gasteiger partial charge in [-0.2, -0.15) is 0 Å². The van der Waals surface area contributed by atoms with E-state index in [1.54, 1.807) is 11.0 Å². The van der Waals surface area contributed by atoms with Gasteiger partial charge in [0, 0.05) is 38.1 Å². The van der Waals surface area contributed by atoms with E-state index in [1.165, 1.54) is 37.2 Å². The molecule has 1 aliphatic carbocycles. The summed E-state index contributed by atoms with van der Waals surface area (Å²) in [5.74, 6) is 0.488. The molecule has 0 aliphatic heterocycles. The minimum absolute atomic E-state index is 0.113. The standard InChI is InChI=1S/C21H25N3O3S/c1-16(25)24(19-6-3-2-4-7-19)21-23-18(15-28-21)10-11-20(26)22-12-5-13-27-14-17-8-9-17/h2-4,6-7,10-11,15,17H,5,8-9,12-14H2,1H3,(H,22,26)/b11-10+. The number of ether oxygens (including phenoxy) is 1. The molecule has 28 heavy (non-hydrogen) atoms. The van der Waals surface area contributed by atoms with Crippen LogP contribution >= 0.6 is 11.3 Å². The Labute approximate surface area is 169 Å². The maximum absolute atomic E-state index is 12.1. The molecule has 1 aromatic heterocycles. The summed E-state index contributed by atoms with van der Waals surface area (Å²) in [6, 6.07) is 9.37. The zero-order chi connectivity index (χ0) is 19.8. The predicted octanol–water partition coefficient (Wildman–Crippen LogP) is 3.77. The molecule has 1 saturated carbocycles. The zero-order valence-corrected chi connectivity index (χ0v) is 16.8. The second-order valence-electron chi connectivity index (χ2n) is 6.74. The van der Waals surface area contributed by atoms with Gasteiger partial charge in [0.2, 0.25) is 11.8 Å². The van der Waals surface area contributed by atoms with Crippen molar-refractivity contribution in [3.8, 4) is 0 Å². The second kappa shape index (κ2) is 10.1. The van der Waals surface area contributed by atoms with Crippen LogP contribution in [0.3, 0.4) is 0 Å². The summed E-state index contributed by atoms with van der Waals surface area (Å²) < 4.78 is 5.54. The van der Waals surface area contributed by atoms with Gasteiger partial charge in [0.05, 0.1) is 11.4 Å². The van der Waals surface area contributed by atoms with Crippen molar-refractivity contribution in [3.05, 3.63) is 47.5 Å². The first-order valence-corrected chi connectivity index (χ1v) is 10.4. The van der Waals surface area contributed by atoms with E-state index in [2.05, 4.69) is 10.3 Å². The monoisotopic (exact) mass is 399 g/mol. The van der Waals surface area contributed by atoms with Crippen LogP contribution in [-0.4, -0.2) is 36.6 Å². The van der Waals surface area contributed by atoms with E-state index < -0.39 is 0 Å². The maximum Gasteiger partial charge on any atom is 0.244 e. The lowest BCUT2D eigenvalue weighted by Crippen LogP contribution is -2.23. The Morgan fingerprint density at radius 2 is 2.11 bits per heavy atom. The van der Waals surface area contributed by atoms with E-state index in [1.807, 2.05) is 35.7 Å². The summed E-state index contributed by atoms with van der Waals surface area (Å²) in [4.78, 5) is 30.0. The highest BCUT2D eigenvalue weighted by molar-refractivity contribution is 7.14. The van der Waals surface area contributed by atoms with Crippen LogP contribution in [0.1, 0.15) is 31.9 Å². The molecule has 148 valence electrons. The predicted molar refractivity (Wildman–Crippen MR) is 112 cm³/mol. The lowest BCUT2D eigenvalue weighted by atomic mass is 10.3. The average molecular weight is 400 g/mol. The fourth-order valence-electron chi connectivity index (χ4n) is 2.60. The average Bonchev–Trinajstić information content (AvgIpc) is 3.40. The number of nitrogens with one attached hydrogen (secondary N) is 1. The third-order valence-corrected chi connectivity index (χ3v) is 5.10. The number of benzene rings is 1. The Morgan fingerprint density at radius 1 is 1.32 bits per heavy atom. The topological polar surface area (TPSA) is 71.5 Å². The zero-order valence-electron chi connectivity index (χ0n) is 16.0. The summed E-state index contributed by atoms with van der Waals surface area (Å²) in [5.41, 5.74) is 1.41. The number of rotatable bonds is 10. The third-order valence-electron chi connectivity index (χ3n) is 4.25. The van der Waals surface area contributed by atoms with Gasteiger partial charge in [0.1, 0.15) is 0 Å². The number of thiazole rings is 1. The fraction of sp³-hybridized carbons (Fsp3) is 0.381. The normalized spacial score (nSPS) is 13.6. The Balaban J connectivity index is 1.47. The van der Waals surface area contributed by atoms with Crippen LogP contribution in [0.2, 0.25) is 0 Å². The molecule has 0 saturated heterocycles. The summed E-state index contributed by atoms with van der Waals surface area (Å²) in [6.45, 7) is 3.62. The van der Waals surface area contributed by atoms with Crippen molar-refractivity contribution < 1.29 is 14.3 Å². The van der Waals surface area contributed by atoms with Crippen molar-refractivity contribution in [1.82, 2.24) is 10.3 Å². The van der Waals surface area contributed by atoms with Crippen LogP contribution in [0.4, 0.5) is 10.8 Å². The molecule has 3 rings (SSSR count).